The Bertz CT molecular complexity index is 1090. The Balaban J connectivity index is 1.70. The number of benzene rings is 2. The molecule has 7 nitrogen and oxygen atoms in total. The third kappa shape index (κ3) is 5.11. The summed E-state index contributed by atoms with van der Waals surface area (Å²) >= 11 is 0. The number of hydrogen-bond donors (Lipinski definition) is 2. The van der Waals surface area contributed by atoms with E-state index in [1.165, 1.54) is 0 Å². The largest absolute Gasteiger partial charge is 0.453 e. The van der Waals surface area contributed by atoms with Crippen LogP contribution in [0.4, 0.5) is 0 Å². The molecule has 3 aromatic rings. The van der Waals surface area contributed by atoms with Gasteiger partial charge in [0.25, 0.3) is 5.56 Å². The molecule has 0 bridgehead atoms. The molecule has 1 amide bonds. The van der Waals surface area contributed by atoms with Crippen LogP contribution in [0.25, 0.3) is 10.9 Å². The van der Waals surface area contributed by atoms with Crippen LogP contribution in [0.2, 0.25) is 0 Å². The summed E-state index contributed by atoms with van der Waals surface area (Å²) in [6.07, 6.45) is -0.603. The molecule has 0 fully saturated rings. The van der Waals surface area contributed by atoms with Gasteiger partial charge in [-0.3, -0.25) is 9.59 Å². The van der Waals surface area contributed by atoms with Crippen LogP contribution in [-0.4, -0.2) is 27.9 Å². The van der Waals surface area contributed by atoms with Crippen molar-refractivity contribution in [3.63, 3.8) is 0 Å². The molecular weight excluding hydrogens is 382 g/mol. The molecule has 0 saturated carbocycles. The molecule has 1 heterocycles. The zero-order chi connectivity index (χ0) is 21.7. The highest BCUT2D eigenvalue weighted by molar-refractivity contribution is 5.86. The van der Waals surface area contributed by atoms with E-state index in [4.69, 9.17) is 4.74 Å². The van der Waals surface area contributed by atoms with E-state index in [-0.39, 0.29) is 29.6 Å². The molecule has 0 spiro atoms. The summed E-state index contributed by atoms with van der Waals surface area (Å²) in [6, 6.07) is 15.4. The fourth-order valence-corrected chi connectivity index (χ4v) is 3.10. The van der Waals surface area contributed by atoms with Gasteiger partial charge in [-0.1, -0.05) is 56.3 Å². The highest BCUT2D eigenvalue weighted by Crippen LogP contribution is 2.17. The Labute approximate surface area is 174 Å². The second-order valence-corrected chi connectivity index (χ2v) is 7.50. The molecule has 30 heavy (non-hydrogen) atoms. The molecule has 0 unspecified atom stereocenters. The summed E-state index contributed by atoms with van der Waals surface area (Å²) in [6.45, 7) is 5.29. The van der Waals surface area contributed by atoms with E-state index in [0.717, 1.165) is 5.56 Å². The van der Waals surface area contributed by atoms with Crippen molar-refractivity contribution >= 4 is 22.8 Å². The number of para-hydroxylation sites is 1. The van der Waals surface area contributed by atoms with Gasteiger partial charge >= 0.3 is 5.97 Å². The third-order valence-corrected chi connectivity index (χ3v) is 4.75. The highest BCUT2D eigenvalue weighted by Gasteiger charge is 2.28. The number of rotatable bonds is 7. The Kier molecular flexibility index (Phi) is 6.61. The number of esters is 1. The van der Waals surface area contributed by atoms with Crippen molar-refractivity contribution in [2.45, 2.75) is 39.3 Å². The normalized spacial score (nSPS) is 13.1. The van der Waals surface area contributed by atoms with Gasteiger partial charge in [-0.2, -0.15) is 0 Å². The quantitative estimate of drug-likeness (QED) is 0.587. The van der Waals surface area contributed by atoms with Gasteiger partial charge in [0.15, 0.2) is 11.9 Å². The average molecular weight is 407 g/mol. The Morgan fingerprint density at radius 1 is 1.03 bits per heavy atom. The van der Waals surface area contributed by atoms with Gasteiger partial charge < -0.3 is 15.0 Å². The second kappa shape index (κ2) is 9.35. The van der Waals surface area contributed by atoms with Crippen LogP contribution in [0.5, 0.6) is 0 Å². The molecule has 1 aromatic heterocycles. The lowest BCUT2D eigenvalue weighted by Gasteiger charge is -2.23. The maximum absolute atomic E-state index is 12.7. The number of aromatic amines is 1. The summed E-state index contributed by atoms with van der Waals surface area (Å²) in [5.74, 6) is -0.755. The lowest BCUT2D eigenvalue weighted by Crippen LogP contribution is -2.46. The number of fused-ring (bicyclic) bond motifs is 1. The van der Waals surface area contributed by atoms with Gasteiger partial charge in [0.2, 0.25) is 5.91 Å². The zero-order valence-electron chi connectivity index (χ0n) is 17.2. The topological polar surface area (TPSA) is 101 Å². The lowest BCUT2D eigenvalue weighted by molar-refractivity contribution is -0.154. The van der Waals surface area contributed by atoms with Gasteiger partial charge in [-0.15, -0.1) is 0 Å². The summed E-state index contributed by atoms with van der Waals surface area (Å²) in [7, 11) is 0. The van der Waals surface area contributed by atoms with E-state index in [2.05, 4.69) is 15.3 Å². The fourth-order valence-electron chi connectivity index (χ4n) is 3.10. The number of ether oxygens (including phenoxy) is 1. The average Bonchev–Trinajstić information content (AvgIpc) is 2.72. The number of nitrogens with one attached hydrogen (secondary N) is 2. The number of nitrogens with zero attached hydrogens (tertiary/aromatic N) is 1. The summed E-state index contributed by atoms with van der Waals surface area (Å²) in [5.41, 5.74) is 1.09. The molecule has 2 aromatic carbocycles. The number of hydrogen-bond acceptors (Lipinski definition) is 5. The Morgan fingerprint density at radius 3 is 2.40 bits per heavy atom. The van der Waals surface area contributed by atoms with E-state index in [0.29, 0.717) is 10.9 Å². The first kappa shape index (κ1) is 21.2. The van der Waals surface area contributed by atoms with Crippen molar-refractivity contribution in [2.75, 3.05) is 0 Å². The van der Waals surface area contributed by atoms with Crippen LogP contribution in [0.15, 0.2) is 59.4 Å². The lowest BCUT2D eigenvalue weighted by atomic mass is 10.0. The molecule has 2 N–H and O–H groups in total. The first-order chi connectivity index (χ1) is 14.3. The number of amides is 1. The van der Waals surface area contributed by atoms with Gasteiger partial charge in [0.05, 0.1) is 17.3 Å². The van der Waals surface area contributed by atoms with Crippen molar-refractivity contribution in [1.29, 1.82) is 0 Å². The van der Waals surface area contributed by atoms with Crippen molar-refractivity contribution < 1.29 is 14.3 Å². The number of carbonyl (C=O) groups is 2. The number of H-pyrrole nitrogens is 1. The van der Waals surface area contributed by atoms with E-state index >= 15 is 0 Å². The summed E-state index contributed by atoms with van der Waals surface area (Å²) in [5, 5.41) is 3.22. The summed E-state index contributed by atoms with van der Waals surface area (Å²) in [4.78, 5) is 44.5. The maximum atomic E-state index is 12.7. The van der Waals surface area contributed by atoms with E-state index in [1.54, 1.807) is 31.2 Å². The maximum Gasteiger partial charge on any atom is 0.329 e. The molecule has 3 rings (SSSR count). The molecule has 0 radical (unpaired) electrons. The number of aromatic nitrogens is 2. The minimum Gasteiger partial charge on any atom is -0.453 e. The van der Waals surface area contributed by atoms with Crippen LogP contribution < -0.4 is 10.9 Å². The summed E-state index contributed by atoms with van der Waals surface area (Å²) < 4.78 is 5.53. The highest BCUT2D eigenvalue weighted by atomic mass is 16.5. The molecule has 156 valence electrons. The van der Waals surface area contributed by atoms with E-state index in [9.17, 15) is 14.4 Å². The molecule has 2 atom stereocenters. The van der Waals surface area contributed by atoms with Gasteiger partial charge in [0, 0.05) is 0 Å². The van der Waals surface area contributed by atoms with Gasteiger partial charge in [-0.25, -0.2) is 9.78 Å². The molecule has 7 heteroatoms. The van der Waals surface area contributed by atoms with Crippen LogP contribution in [0.3, 0.4) is 0 Å². The monoisotopic (exact) mass is 407 g/mol. The predicted octanol–water partition coefficient (Wildman–Crippen LogP) is 2.91. The molecule has 0 saturated heterocycles. The minimum atomic E-state index is -0.809. The van der Waals surface area contributed by atoms with Crippen molar-refractivity contribution in [3.05, 3.63) is 76.3 Å². The van der Waals surface area contributed by atoms with Crippen molar-refractivity contribution in [1.82, 2.24) is 15.3 Å². The van der Waals surface area contributed by atoms with Crippen LogP contribution in [-0.2, 0) is 20.7 Å². The van der Waals surface area contributed by atoms with Crippen LogP contribution in [0, 0.1) is 5.92 Å². The second-order valence-electron chi connectivity index (χ2n) is 7.50. The van der Waals surface area contributed by atoms with Crippen LogP contribution in [0.1, 0.15) is 38.3 Å². The predicted molar refractivity (Wildman–Crippen MR) is 114 cm³/mol. The molecular formula is C23H25N3O4. The third-order valence-electron chi connectivity index (χ3n) is 4.75. The Morgan fingerprint density at radius 2 is 1.70 bits per heavy atom. The SMILES string of the molecule is CC(C)[C@H](NC(=O)Cc1ccccc1)C(=O)O[C@@H](C)c1nc2ccccc2c(=O)[nH]1. The first-order valence-electron chi connectivity index (χ1n) is 9.88. The smallest absolute Gasteiger partial charge is 0.329 e. The number of carbonyl (C=O) groups excluding carboxylic acids is 2. The first-order valence-corrected chi connectivity index (χ1v) is 9.88. The van der Waals surface area contributed by atoms with Crippen LogP contribution >= 0.6 is 0 Å². The Hall–Kier alpha value is -3.48. The van der Waals surface area contributed by atoms with Crippen molar-refractivity contribution in [2.24, 2.45) is 5.92 Å². The molecule has 0 aliphatic carbocycles. The zero-order valence-corrected chi connectivity index (χ0v) is 17.2. The van der Waals surface area contributed by atoms with E-state index < -0.39 is 18.1 Å². The standard InChI is InChI=1S/C23H25N3O4/c1-14(2)20(25-19(27)13-16-9-5-4-6-10-16)23(29)30-15(3)21-24-18-12-8-7-11-17(18)22(28)26-21/h4-12,14-15,20H,13H2,1-3H3,(H,25,27)(H,24,26,28)/t15-,20-/m0/s1. The minimum absolute atomic E-state index is 0.173. The fraction of sp³-hybridized carbons (Fsp3) is 0.304. The van der Waals surface area contributed by atoms with Crippen molar-refractivity contribution in [3.8, 4) is 0 Å². The molecule has 0 aliphatic heterocycles. The van der Waals surface area contributed by atoms with Gasteiger partial charge in [0.1, 0.15) is 6.04 Å². The molecule has 0 aliphatic rings. The van der Waals surface area contributed by atoms with E-state index in [1.807, 2.05) is 44.2 Å². The van der Waals surface area contributed by atoms with Gasteiger partial charge in [-0.05, 0) is 30.5 Å².